The van der Waals surface area contributed by atoms with Gasteiger partial charge in [0.25, 0.3) is 5.91 Å². The van der Waals surface area contributed by atoms with Crippen molar-refractivity contribution in [2.45, 2.75) is 25.8 Å². The van der Waals surface area contributed by atoms with E-state index in [1.54, 1.807) is 19.1 Å². The Bertz CT molecular complexity index is 490. The van der Waals surface area contributed by atoms with Gasteiger partial charge in [-0.2, -0.15) is 0 Å². The van der Waals surface area contributed by atoms with Crippen LogP contribution in [0.5, 0.6) is 0 Å². The van der Waals surface area contributed by atoms with Crippen LogP contribution < -0.4 is 5.32 Å². The van der Waals surface area contributed by atoms with Crippen molar-refractivity contribution in [2.75, 3.05) is 19.6 Å². The van der Waals surface area contributed by atoms with E-state index in [2.05, 4.69) is 5.32 Å². The molecule has 0 saturated carbocycles. The zero-order valence-electron chi connectivity index (χ0n) is 12.3. The van der Waals surface area contributed by atoms with Crippen molar-refractivity contribution in [1.29, 1.82) is 0 Å². The largest absolute Gasteiger partial charge is 0.480 e. The molecule has 1 amide bonds. The molecule has 1 aromatic rings. The molecule has 0 unspecified atom stereocenters. The van der Waals surface area contributed by atoms with Crippen molar-refractivity contribution in [3.63, 3.8) is 0 Å². The first-order chi connectivity index (χ1) is 10.1. The molecule has 0 radical (unpaired) electrons. The van der Waals surface area contributed by atoms with E-state index in [0.29, 0.717) is 18.0 Å². The highest BCUT2D eigenvalue weighted by molar-refractivity contribution is 5.94. The zero-order chi connectivity index (χ0) is 15.2. The number of benzene rings is 1. The minimum absolute atomic E-state index is 0.0704. The molecule has 114 valence electrons. The van der Waals surface area contributed by atoms with E-state index >= 15 is 0 Å². The third-order valence-corrected chi connectivity index (χ3v) is 4.04. The van der Waals surface area contributed by atoms with E-state index < -0.39 is 12.0 Å². The van der Waals surface area contributed by atoms with Crippen molar-refractivity contribution in [3.05, 3.63) is 35.9 Å². The van der Waals surface area contributed by atoms with E-state index in [0.717, 1.165) is 25.9 Å². The van der Waals surface area contributed by atoms with Gasteiger partial charge >= 0.3 is 5.97 Å². The minimum atomic E-state index is -0.788. The molecule has 1 fully saturated rings. The second kappa shape index (κ2) is 7.22. The van der Waals surface area contributed by atoms with Gasteiger partial charge in [-0.1, -0.05) is 18.2 Å². The Hall–Kier alpha value is -1.88. The van der Waals surface area contributed by atoms with Crippen LogP contribution in [0.1, 0.15) is 30.1 Å². The third-order valence-electron chi connectivity index (χ3n) is 4.04. The topological polar surface area (TPSA) is 69.6 Å². The molecule has 5 nitrogen and oxygen atoms in total. The lowest BCUT2D eigenvalue weighted by molar-refractivity contribution is -0.143. The molecule has 1 aliphatic heterocycles. The average Bonchev–Trinajstić information content (AvgIpc) is 2.53. The quantitative estimate of drug-likeness (QED) is 0.864. The predicted octanol–water partition coefficient (Wildman–Crippen LogP) is 1.60. The minimum Gasteiger partial charge on any atom is -0.480 e. The number of aliphatic carboxylic acids is 1. The van der Waals surface area contributed by atoms with Crippen LogP contribution in [0.4, 0.5) is 0 Å². The van der Waals surface area contributed by atoms with E-state index in [-0.39, 0.29) is 5.91 Å². The van der Waals surface area contributed by atoms with Crippen LogP contribution in [-0.4, -0.2) is 47.6 Å². The lowest BCUT2D eigenvalue weighted by Gasteiger charge is -2.35. The van der Waals surface area contributed by atoms with Gasteiger partial charge in [-0.25, -0.2) is 0 Å². The Morgan fingerprint density at radius 2 is 2.10 bits per heavy atom. The molecule has 0 bridgehead atoms. The second-order valence-electron chi connectivity index (χ2n) is 5.59. The highest BCUT2D eigenvalue weighted by Gasteiger charge is 2.27. The molecule has 1 aromatic carbocycles. The van der Waals surface area contributed by atoms with Crippen molar-refractivity contribution in [1.82, 2.24) is 10.2 Å². The zero-order valence-corrected chi connectivity index (χ0v) is 12.3. The first-order valence-electron chi connectivity index (χ1n) is 7.38. The number of piperidine rings is 1. The molecular formula is C16H22N2O3. The summed E-state index contributed by atoms with van der Waals surface area (Å²) in [6.45, 7) is 3.85. The van der Waals surface area contributed by atoms with Crippen molar-refractivity contribution < 1.29 is 14.7 Å². The molecule has 2 N–H and O–H groups in total. The standard InChI is InChI=1S/C16H22N2O3/c1-12(16(20)21)18-9-5-6-13(11-18)10-17-15(19)14-7-3-2-4-8-14/h2-4,7-8,12-13H,5-6,9-11H2,1H3,(H,17,19)(H,20,21)/t12-,13-/m1/s1. The number of carboxylic acid groups (broad SMARTS) is 1. The molecule has 1 heterocycles. The summed E-state index contributed by atoms with van der Waals surface area (Å²) in [4.78, 5) is 25.0. The Kier molecular flexibility index (Phi) is 5.33. The monoisotopic (exact) mass is 290 g/mol. The molecule has 2 atom stereocenters. The molecule has 0 aliphatic carbocycles. The van der Waals surface area contributed by atoms with Crippen LogP contribution in [0.3, 0.4) is 0 Å². The lowest BCUT2D eigenvalue weighted by Crippen LogP contribution is -2.47. The number of carbonyl (C=O) groups is 2. The maximum atomic E-state index is 12.0. The predicted molar refractivity (Wildman–Crippen MR) is 80.2 cm³/mol. The number of amides is 1. The molecule has 2 rings (SSSR count). The Morgan fingerprint density at radius 3 is 2.76 bits per heavy atom. The maximum Gasteiger partial charge on any atom is 0.320 e. The van der Waals surface area contributed by atoms with Gasteiger partial charge in [0.1, 0.15) is 6.04 Å². The highest BCUT2D eigenvalue weighted by Crippen LogP contribution is 2.18. The molecule has 0 spiro atoms. The van der Waals surface area contributed by atoms with E-state index in [4.69, 9.17) is 5.11 Å². The fourth-order valence-corrected chi connectivity index (χ4v) is 2.70. The van der Waals surface area contributed by atoms with E-state index in [1.165, 1.54) is 0 Å². The van der Waals surface area contributed by atoms with Gasteiger partial charge in [0.15, 0.2) is 0 Å². The maximum absolute atomic E-state index is 12.0. The summed E-state index contributed by atoms with van der Waals surface area (Å²) < 4.78 is 0. The summed E-state index contributed by atoms with van der Waals surface area (Å²) in [5.74, 6) is -0.545. The van der Waals surface area contributed by atoms with Crippen molar-refractivity contribution in [2.24, 2.45) is 5.92 Å². The normalized spacial score (nSPS) is 20.7. The van der Waals surface area contributed by atoms with Gasteiger partial charge in [-0.05, 0) is 44.4 Å². The molecule has 1 aliphatic rings. The summed E-state index contributed by atoms with van der Waals surface area (Å²) in [6.07, 6.45) is 2.00. The summed E-state index contributed by atoms with van der Waals surface area (Å²) in [6, 6.07) is 8.67. The number of carbonyl (C=O) groups excluding carboxylic acids is 1. The van der Waals surface area contributed by atoms with Gasteiger partial charge in [-0.3, -0.25) is 14.5 Å². The fourth-order valence-electron chi connectivity index (χ4n) is 2.70. The molecule has 1 saturated heterocycles. The van der Waals surface area contributed by atoms with Crippen LogP contribution in [0.2, 0.25) is 0 Å². The van der Waals surface area contributed by atoms with E-state index in [1.807, 2.05) is 23.1 Å². The number of likely N-dealkylation sites (tertiary alicyclic amines) is 1. The van der Waals surface area contributed by atoms with Gasteiger partial charge in [0.2, 0.25) is 0 Å². The van der Waals surface area contributed by atoms with Crippen molar-refractivity contribution >= 4 is 11.9 Å². The van der Waals surface area contributed by atoms with Gasteiger partial charge < -0.3 is 10.4 Å². The van der Waals surface area contributed by atoms with Crippen LogP contribution in [0, 0.1) is 5.92 Å². The Labute approximate surface area is 125 Å². The molecule has 0 aromatic heterocycles. The van der Waals surface area contributed by atoms with Crippen LogP contribution in [0.15, 0.2) is 30.3 Å². The number of hydrogen-bond donors (Lipinski definition) is 2. The smallest absolute Gasteiger partial charge is 0.320 e. The number of hydrogen-bond acceptors (Lipinski definition) is 3. The third kappa shape index (κ3) is 4.29. The summed E-state index contributed by atoms with van der Waals surface area (Å²) in [5.41, 5.74) is 0.657. The number of rotatable bonds is 5. The first-order valence-corrected chi connectivity index (χ1v) is 7.38. The highest BCUT2D eigenvalue weighted by atomic mass is 16.4. The van der Waals surface area contributed by atoms with Crippen LogP contribution in [-0.2, 0) is 4.79 Å². The van der Waals surface area contributed by atoms with Crippen molar-refractivity contribution in [3.8, 4) is 0 Å². The second-order valence-corrected chi connectivity index (χ2v) is 5.59. The van der Waals surface area contributed by atoms with Gasteiger partial charge in [0.05, 0.1) is 0 Å². The van der Waals surface area contributed by atoms with Gasteiger partial charge in [0, 0.05) is 18.7 Å². The first kappa shape index (κ1) is 15.5. The molecular weight excluding hydrogens is 268 g/mol. The van der Waals surface area contributed by atoms with Crippen LogP contribution in [0.25, 0.3) is 0 Å². The van der Waals surface area contributed by atoms with Crippen LogP contribution >= 0.6 is 0 Å². The SMILES string of the molecule is C[C@H](C(=O)O)N1CCC[C@H](CNC(=O)c2ccccc2)C1. The Balaban J connectivity index is 1.83. The Morgan fingerprint density at radius 1 is 1.38 bits per heavy atom. The number of nitrogens with zero attached hydrogens (tertiary/aromatic N) is 1. The number of carboxylic acids is 1. The summed E-state index contributed by atoms with van der Waals surface area (Å²) in [7, 11) is 0. The van der Waals surface area contributed by atoms with E-state index in [9.17, 15) is 9.59 Å². The molecule has 5 heteroatoms. The van der Waals surface area contributed by atoms with Gasteiger partial charge in [-0.15, -0.1) is 0 Å². The fraction of sp³-hybridized carbons (Fsp3) is 0.500. The average molecular weight is 290 g/mol. The number of nitrogens with one attached hydrogen (secondary N) is 1. The summed E-state index contributed by atoms with van der Waals surface area (Å²) in [5, 5.41) is 12.0. The molecule has 21 heavy (non-hydrogen) atoms. The lowest BCUT2D eigenvalue weighted by atomic mass is 9.96. The summed E-state index contributed by atoms with van der Waals surface area (Å²) >= 11 is 0.